The maximum atomic E-state index is 13.2. The van der Waals surface area contributed by atoms with Gasteiger partial charge in [0.25, 0.3) is 5.91 Å². The Morgan fingerprint density at radius 2 is 1.74 bits per heavy atom. The number of hydrogen-bond acceptors (Lipinski definition) is 3. The number of carbonyl (C=O) groups excluding carboxylic acids is 1. The molecule has 0 radical (unpaired) electrons. The summed E-state index contributed by atoms with van der Waals surface area (Å²) < 4.78 is 39.4. The molecule has 3 heterocycles. The molecule has 2 aromatic heterocycles. The summed E-state index contributed by atoms with van der Waals surface area (Å²) in [5.74, 6) is -0.117. The van der Waals surface area contributed by atoms with Crippen molar-refractivity contribution in [1.29, 1.82) is 0 Å². The highest BCUT2D eigenvalue weighted by Crippen LogP contribution is 2.33. The van der Waals surface area contributed by atoms with E-state index in [0.29, 0.717) is 30.0 Å². The van der Waals surface area contributed by atoms with Gasteiger partial charge in [-0.25, -0.2) is 4.98 Å². The van der Waals surface area contributed by atoms with Crippen LogP contribution < -0.4 is 0 Å². The van der Waals surface area contributed by atoms with Gasteiger partial charge in [-0.15, -0.1) is 0 Å². The van der Waals surface area contributed by atoms with Crippen molar-refractivity contribution >= 4 is 16.8 Å². The molecule has 0 aliphatic carbocycles. The van der Waals surface area contributed by atoms with Gasteiger partial charge in [0, 0.05) is 35.7 Å². The smallest absolute Gasteiger partial charge is 0.337 e. The molecular formula is C27H22F3N3O. The van der Waals surface area contributed by atoms with Crippen molar-refractivity contribution in [2.45, 2.75) is 24.9 Å². The number of piperidine rings is 1. The Labute approximate surface area is 195 Å². The summed E-state index contributed by atoms with van der Waals surface area (Å²) in [5.41, 5.74) is 2.17. The van der Waals surface area contributed by atoms with Gasteiger partial charge in [0.2, 0.25) is 0 Å². The lowest BCUT2D eigenvalue weighted by molar-refractivity contribution is -0.137. The number of fused-ring (bicyclic) bond motifs is 1. The van der Waals surface area contributed by atoms with Crippen LogP contribution in [0.25, 0.3) is 22.2 Å². The zero-order chi connectivity index (χ0) is 23.7. The number of aromatic nitrogens is 2. The molecule has 34 heavy (non-hydrogen) atoms. The van der Waals surface area contributed by atoms with E-state index >= 15 is 0 Å². The standard InChI is InChI=1S/C27H22F3N3O/c28-27(29,30)21-9-3-7-19(16-21)23-11-4-12-24(31-23)20-8-5-15-33(17-20)26(34)25-14-13-18-6-1-2-10-22(18)32-25/h1-4,6-7,9-14,16,20H,5,8,15,17H2/t20-/m1/s1. The van der Waals surface area contributed by atoms with Crippen LogP contribution in [-0.2, 0) is 6.18 Å². The van der Waals surface area contributed by atoms with Gasteiger partial charge >= 0.3 is 6.18 Å². The molecule has 0 spiro atoms. The lowest BCUT2D eigenvalue weighted by Crippen LogP contribution is -2.39. The van der Waals surface area contributed by atoms with Gasteiger partial charge in [-0.2, -0.15) is 13.2 Å². The van der Waals surface area contributed by atoms with Crippen molar-refractivity contribution in [2.24, 2.45) is 0 Å². The molecule has 0 bridgehead atoms. The van der Waals surface area contributed by atoms with Gasteiger partial charge in [-0.05, 0) is 49.2 Å². The maximum absolute atomic E-state index is 13.2. The molecule has 172 valence electrons. The molecule has 1 amide bonds. The summed E-state index contributed by atoms with van der Waals surface area (Å²) in [5, 5.41) is 0.978. The summed E-state index contributed by atoms with van der Waals surface area (Å²) in [6.45, 7) is 1.13. The number of carbonyl (C=O) groups is 1. The normalized spacial score (nSPS) is 16.6. The molecular weight excluding hydrogens is 439 g/mol. The summed E-state index contributed by atoms with van der Waals surface area (Å²) in [6, 6.07) is 21.9. The van der Waals surface area contributed by atoms with E-state index in [1.54, 1.807) is 23.1 Å². The molecule has 0 unspecified atom stereocenters. The van der Waals surface area contributed by atoms with E-state index in [9.17, 15) is 18.0 Å². The summed E-state index contributed by atoms with van der Waals surface area (Å²) in [4.78, 5) is 24.2. The van der Waals surface area contributed by atoms with Gasteiger partial charge in [0.15, 0.2) is 0 Å². The van der Waals surface area contributed by atoms with Crippen LogP contribution in [0.5, 0.6) is 0 Å². The number of halogens is 3. The summed E-state index contributed by atoms with van der Waals surface area (Å²) in [6.07, 6.45) is -2.73. The van der Waals surface area contributed by atoms with E-state index in [-0.39, 0.29) is 11.8 Å². The first-order valence-electron chi connectivity index (χ1n) is 11.2. The van der Waals surface area contributed by atoms with Crippen molar-refractivity contribution in [3.8, 4) is 11.3 Å². The van der Waals surface area contributed by atoms with E-state index < -0.39 is 11.7 Å². The van der Waals surface area contributed by atoms with Crippen molar-refractivity contribution in [3.05, 3.63) is 95.8 Å². The van der Waals surface area contributed by atoms with Crippen molar-refractivity contribution in [1.82, 2.24) is 14.9 Å². The number of benzene rings is 2. The molecule has 1 aliphatic heterocycles. The monoisotopic (exact) mass is 461 g/mol. The van der Waals surface area contributed by atoms with Gasteiger partial charge in [0.05, 0.1) is 16.8 Å². The third kappa shape index (κ3) is 4.51. The number of amides is 1. The van der Waals surface area contributed by atoms with Crippen LogP contribution in [0.2, 0.25) is 0 Å². The highest BCUT2D eigenvalue weighted by atomic mass is 19.4. The van der Waals surface area contributed by atoms with Crippen molar-refractivity contribution < 1.29 is 18.0 Å². The molecule has 2 aromatic carbocycles. The Hall–Kier alpha value is -3.74. The highest BCUT2D eigenvalue weighted by molar-refractivity contribution is 5.95. The van der Waals surface area contributed by atoms with Crippen molar-refractivity contribution in [2.75, 3.05) is 13.1 Å². The van der Waals surface area contributed by atoms with E-state index in [0.717, 1.165) is 41.6 Å². The van der Waals surface area contributed by atoms with Gasteiger partial charge < -0.3 is 4.90 Å². The molecule has 5 rings (SSSR count). The van der Waals surface area contributed by atoms with Crippen molar-refractivity contribution in [3.63, 3.8) is 0 Å². The largest absolute Gasteiger partial charge is 0.416 e. The van der Waals surface area contributed by atoms with Crippen LogP contribution in [0, 0.1) is 0 Å². The average Bonchev–Trinajstić information content (AvgIpc) is 2.88. The number of alkyl halides is 3. The van der Waals surface area contributed by atoms with Crippen LogP contribution in [0.4, 0.5) is 13.2 Å². The Balaban J connectivity index is 1.37. The van der Waals surface area contributed by atoms with E-state index in [1.165, 1.54) is 6.07 Å². The molecule has 1 fully saturated rings. The zero-order valence-corrected chi connectivity index (χ0v) is 18.3. The summed E-state index contributed by atoms with van der Waals surface area (Å²) in [7, 11) is 0. The van der Waals surface area contributed by atoms with Crippen LogP contribution in [-0.4, -0.2) is 33.9 Å². The Bertz CT molecular complexity index is 1350. The molecule has 0 N–H and O–H groups in total. The zero-order valence-electron chi connectivity index (χ0n) is 18.3. The number of pyridine rings is 2. The number of likely N-dealkylation sites (tertiary alicyclic amines) is 1. The third-order valence-electron chi connectivity index (χ3n) is 6.20. The fourth-order valence-corrected chi connectivity index (χ4v) is 4.44. The van der Waals surface area contributed by atoms with Gasteiger partial charge in [-0.1, -0.05) is 42.5 Å². The Kier molecular flexibility index (Phi) is 5.77. The predicted octanol–water partition coefficient (Wildman–Crippen LogP) is 6.34. The number of hydrogen-bond donors (Lipinski definition) is 0. The van der Waals surface area contributed by atoms with Crippen LogP contribution >= 0.6 is 0 Å². The quantitative estimate of drug-likeness (QED) is 0.358. The second kappa shape index (κ2) is 8.89. The highest BCUT2D eigenvalue weighted by Gasteiger charge is 2.31. The Morgan fingerprint density at radius 1 is 0.912 bits per heavy atom. The molecule has 4 nitrogen and oxygen atoms in total. The van der Waals surface area contributed by atoms with Gasteiger partial charge in [-0.3, -0.25) is 9.78 Å². The third-order valence-corrected chi connectivity index (χ3v) is 6.20. The van der Waals surface area contributed by atoms with Gasteiger partial charge in [0.1, 0.15) is 5.69 Å². The molecule has 1 atom stereocenters. The molecule has 4 aromatic rings. The lowest BCUT2D eigenvalue weighted by Gasteiger charge is -2.32. The minimum Gasteiger partial charge on any atom is -0.337 e. The topological polar surface area (TPSA) is 46.1 Å². The Morgan fingerprint density at radius 3 is 2.59 bits per heavy atom. The number of rotatable bonds is 3. The average molecular weight is 461 g/mol. The predicted molar refractivity (Wildman–Crippen MR) is 124 cm³/mol. The fourth-order valence-electron chi connectivity index (χ4n) is 4.44. The minimum atomic E-state index is -4.41. The number of para-hydroxylation sites is 1. The molecule has 7 heteroatoms. The minimum absolute atomic E-state index is 0.00362. The van der Waals surface area contributed by atoms with Crippen LogP contribution in [0.15, 0.2) is 78.9 Å². The lowest BCUT2D eigenvalue weighted by atomic mass is 9.93. The van der Waals surface area contributed by atoms with Crippen LogP contribution in [0.1, 0.15) is 40.5 Å². The first-order chi connectivity index (χ1) is 16.4. The summed E-state index contributed by atoms with van der Waals surface area (Å²) >= 11 is 0. The number of nitrogens with zero attached hydrogens (tertiary/aromatic N) is 3. The first kappa shape index (κ1) is 22.1. The first-order valence-corrected chi connectivity index (χ1v) is 11.2. The second-order valence-electron chi connectivity index (χ2n) is 8.51. The molecule has 0 saturated carbocycles. The fraction of sp³-hybridized carbons (Fsp3) is 0.222. The van der Waals surface area contributed by atoms with Crippen LogP contribution in [0.3, 0.4) is 0 Å². The van der Waals surface area contributed by atoms with E-state index in [1.807, 2.05) is 42.5 Å². The SMILES string of the molecule is O=C(c1ccc2ccccc2n1)N1CCC[C@@H](c2cccc(-c3cccc(C(F)(F)F)c3)n2)C1. The molecule has 1 saturated heterocycles. The molecule has 1 aliphatic rings. The van der Waals surface area contributed by atoms with E-state index in [2.05, 4.69) is 9.97 Å². The second-order valence-corrected chi connectivity index (χ2v) is 8.51. The van der Waals surface area contributed by atoms with E-state index in [4.69, 9.17) is 0 Å². The maximum Gasteiger partial charge on any atom is 0.416 e.